The summed E-state index contributed by atoms with van der Waals surface area (Å²) in [5.41, 5.74) is 4.40. The third-order valence-electron chi connectivity index (χ3n) is 6.02. The lowest BCUT2D eigenvalue weighted by molar-refractivity contribution is 0.288. The predicted octanol–water partition coefficient (Wildman–Crippen LogP) is 6.42. The largest absolute Gasteiger partial charge is 0.487 e. The number of rotatable bonds is 5. The van der Waals surface area contributed by atoms with E-state index < -0.39 is 0 Å². The van der Waals surface area contributed by atoms with E-state index in [9.17, 15) is 4.39 Å². The molecule has 1 fully saturated rings. The molecule has 1 saturated carbocycles. The van der Waals surface area contributed by atoms with Gasteiger partial charge < -0.3 is 4.74 Å². The van der Waals surface area contributed by atoms with Crippen molar-refractivity contribution in [3.05, 3.63) is 108 Å². The van der Waals surface area contributed by atoms with Crippen LogP contribution in [0.25, 0.3) is 10.9 Å². The summed E-state index contributed by atoms with van der Waals surface area (Å²) in [4.78, 5) is 4.59. The van der Waals surface area contributed by atoms with Crippen LogP contribution < -0.4 is 4.74 Å². The number of aromatic nitrogens is 1. The van der Waals surface area contributed by atoms with Crippen molar-refractivity contribution in [2.75, 3.05) is 0 Å². The second kappa shape index (κ2) is 7.32. The molecule has 29 heavy (non-hydrogen) atoms. The van der Waals surface area contributed by atoms with Gasteiger partial charge in [0.1, 0.15) is 18.2 Å². The highest BCUT2D eigenvalue weighted by molar-refractivity contribution is 5.78. The van der Waals surface area contributed by atoms with E-state index in [1.165, 1.54) is 42.5 Å². The Bertz CT molecular complexity index is 1150. The normalized spacial score (nSPS) is 15.1. The number of halogens is 1. The number of benzene rings is 3. The molecular formula is C26H22FNO. The molecule has 2 nitrogen and oxygen atoms in total. The fourth-order valence-electron chi connectivity index (χ4n) is 4.29. The van der Waals surface area contributed by atoms with Gasteiger partial charge in [-0.05, 0) is 60.4 Å². The van der Waals surface area contributed by atoms with Gasteiger partial charge in [-0.2, -0.15) is 0 Å². The van der Waals surface area contributed by atoms with Crippen molar-refractivity contribution in [1.82, 2.24) is 4.98 Å². The van der Waals surface area contributed by atoms with Gasteiger partial charge in [0.25, 0.3) is 0 Å². The Labute approximate surface area is 170 Å². The number of hydrogen-bond donors (Lipinski definition) is 0. The molecule has 1 heterocycles. The van der Waals surface area contributed by atoms with Crippen LogP contribution in [0, 0.1) is 5.82 Å². The molecule has 1 aliphatic rings. The van der Waals surface area contributed by atoms with Crippen LogP contribution in [-0.4, -0.2) is 4.98 Å². The van der Waals surface area contributed by atoms with Gasteiger partial charge in [-0.3, -0.25) is 0 Å². The van der Waals surface area contributed by atoms with Gasteiger partial charge in [0.2, 0.25) is 0 Å². The molecule has 3 aromatic carbocycles. The predicted molar refractivity (Wildman–Crippen MR) is 114 cm³/mol. The molecule has 3 heteroatoms. The SMILES string of the molecule is Fc1ccc2nc(COc3cccc(C4(c5ccccc5)CCC4)c3)ccc2c1. The van der Waals surface area contributed by atoms with E-state index in [-0.39, 0.29) is 11.2 Å². The molecule has 0 radical (unpaired) electrons. The Kier molecular flexibility index (Phi) is 4.51. The van der Waals surface area contributed by atoms with Crippen LogP contribution in [0.4, 0.5) is 4.39 Å². The lowest BCUT2D eigenvalue weighted by Gasteiger charge is -2.43. The summed E-state index contributed by atoms with van der Waals surface area (Å²) in [6.45, 7) is 0.384. The maximum atomic E-state index is 13.3. The van der Waals surface area contributed by atoms with Crippen LogP contribution in [0.1, 0.15) is 36.1 Å². The molecule has 0 bridgehead atoms. The smallest absolute Gasteiger partial charge is 0.130 e. The van der Waals surface area contributed by atoms with Crippen molar-refractivity contribution < 1.29 is 9.13 Å². The van der Waals surface area contributed by atoms with Crippen LogP contribution in [0.2, 0.25) is 0 Å². The first kappa shape index (κ1) is 17.9. The average Bonchev–Trinajstić information content (AvgIpc) is 2.73. The minimum atomic E-state index is -0.247. The number of ether oxygens (including phenoxy) is 1. The molecular weight excluding hydrogens is 361 g/mol. The van der Waals surface area contributed by atoms with Crippen LogP contribution in [0.5, 0.6) is 5.75 Å². The van der Waals surface area contributed by atoms with Crippen molar-refractivity contribution in [3.63, 3.8) is 0 Å². The molecule has 144 valence electrons. The number of hydrogen-bond acceptors (Lipinski definition) is 2. The van der Waals surface area contributed by atoms with E-state index in [0.717, 1.165) is 22.3 Å². The van der Waals surface area contributed by atoms with Crippen molar-refractivity contribution in [2.45, 2.75) is 31.3 Å². The first-order chi connectivity index (χ1) is 14.2. The molecule has 5 rings (SSSR count). The number of fused-ring (bicyclic) bond motifs is 1. The van der Waals surface area contributed by atoms with Gasteiger partial charge in [0.15, 0.2) is 0 Å². The van der Waals surface area contributed by atoms with E-state index in [2.05, 4.69) is 53.5 Å². The molecule has 0 amide bonds. The standard InChI is InChI=1S/C26H22FNO/c27-22-11-13-25-19(16-22)10-12-23(28-25)18-29-24-9-4-8-21(17-24)26(14-5-15-26)20-6-2-1-3-7-20/h1-4,6-13,16-17H,5,14-15,18H2. The monoisotopic (exact) mass is 383 g/mol. The van der Waals surface area contributed by atoms with Crippen molar-refractivity contribution in [1.29, 1.82) is 0 Å². The molecule has 0 N–H and O–H groups in total. The first-order valence-corrected chi connectivity index (χ1v) is 10.1. The van der Waals surface area contributed by atoms with Crippen molar-refractivity contribution in [2.24, 2.45) is 0 Å². The zero-order valence-corrected chi connectivity index (χ0v) is 16.1. The van der Waals surface area contributed by atoms with Gasteiger partial charge >= 0.3 is 0 Å². The van der Waals surface area contributed by atoms with Crippen LogP contribution >= 0.6 is 0 Å². The van der Waals surface area contributed by atoms with E-state index in [1.54, 1.807) is 6.07 Å². The average molecular weight is 383 g/mol. The molecule has 0 saturated heterocycles. The maximum Gasteiger partial charge on any atom is 0.130 e. The molecule has 0 aliphatic heterocycles. The van der Waals surface area contributed by atoms with Crippen molar-refractivity contribution >= 4 is 10.9 Å². The van der Waals surface area contributed by atoms with Gasteiger partial charge in [-0.1, -0.05) is 55.0 Å². The van der Waals surface area contributed by atoms with Crippen LogP contribution in [0.3, 0.4) is 0 Å². The Balaban J connectivity index is 1.37. The zero-order valence-electron chi connectivity index (χ0n) is 16.1. The minimum absolute atomic E-state index is 0.103. The zero-order chi connectivity index (χ0) is 19.7. The maximum absolute atomic E-state index is 13.3. The van der Waals surface area contributed by atoms with Gasteiger partial charge in [0.05, 0.1) is 11.2 Å². The quantitative estimate of drug-likeness (QED) is 0.396. The Morgan fingerprint density at radius 1 is 0.828 bits per heavy atom. The highest BCUT2D eigenvalue weighted by Gasteiger charge is 2.40. The minimum Gasteiger partial charge on any atom is -0.487 e. The van der Waals surface area contributed by atoms with E-state index in [0.29, 0.717) is 6.61 Å². The fraction of sp³-hybridized carbons (Fsp3) is 0.192. The summed E-state index contributed by atoms with van der Waals surface area (Å²) in [5.74, 6) is 0.606. The van der Waals surface area contributed by atoms with Crippen molar-refractivity contribution in [3.8, 4) is 5.75 Å². The van der Waals surface area contributed by atoms with E-state index in [4.69, 9.17) is 4.74 Å². The molecule has 0 spiro atoms. The fourth-order valence-corrected chi connectivity index (χ4v) is 4.29. The summed E-state index contributed by atoms with van der Waals surface area (Å²) in [6.07, 6.45) is 3.59. The Hall–Kier alpha value is -3.20. The molecule has 0 atom stereocenters. The highest BCUT2D eigenvalue weighted by Crippen LogP contribution is 2.49. The summed E-state index contributed by atoms with van der Waals surface area (Å²) in [6, 6.07) is 27.6. The van der Waals surface area contributed by atoms with Crippen LogP contribution in [0.15, 0.2) is 84.9 Å². The molecule has 1 aromatic heterocycles. The molecule has 0 unspecified atom stereocenters. The first-order valence-electron chi connectivity index (χ1n) is 10.1. The van der Waals surface area contributed by atoms with Gasteiger partial charge in [-0.15, -0.1) is 0 Å². The summed E-state index contributed by atoms with van der Waals surface area (Å²) < 4.78 is 19.4. The summed E-state index contributed by atoms with van der Waals surface area (Å²) >= 11 is 0. The number of pyridine rings is 1. The summed E-state index contributed by atoms with van der Waals surface area (Å²) in [5, 5.41) is 0.797. The van der Waals surface area contributed by atoms with Gasteiger partial charge in [0, 0.05) is 10.8 Å². The third-order valence-corrected chi connectivity index (χ3v) is 6.02. The lowest BCUT2D eigenvalue weighted by atomic mass is 9.60. The third kappa shape index (κ3) is 3.38. The number of nitrogens with zero attached hydrogens (tertiary/aromatic N) is 1. The van der Waals surface area contributed by atoms with Gasteiger partial charge in [-0.25, -0.2) is 9.37 Å². The second-order valence-corrected chi connectivity index (χ2v) is 7.76. The van der Waals surface area contributed by atoms with Crippen LogP contribution in [-0.2, 0) is 12.0 Å². The Morgan fingerprint density at radius 3 is 2.45 bits per heavy atom. The molecule has 1 aliphatic carbocycles. The lowest BCUT2D eigenvalue weighted by Crippen LogP contribution is -2.35. The highest BCUT2D eigenvalue weighted by atomic mass is 19.1. The Morgan fingerprint density at radius 2 is 1.66 bits per heavy atom. The summed E-state index contributed by atoms with van der Waals surface area (Å²) in [7, 11) is 0. The topological polar surface area (TPSA) is 22.1 Å². The molecule has 4 aromatic rings. The van der Waals surface area contributed by atoms with E-state index >= 15 is 0 Å². The second-order valence-electron chi connectivity index (χ2n) is 7.76. The van der Waals surface area contributed by atoms with E-state index in [1.807, 2.05) is 18.2 Å².